The van der Waals surface area contributed by atoms with E-state index in [-0.39, 0.29) is 6.54 Å². The molecule has 0 aliphatic rings. The highest BCUT2D eigenvalue weighted by molar-refractivity contribution is 7.19. The van der Waals surface area contributed by atoms with Crippen molar-refractivity contribution in [1.82, 2.24) is 5.32 Å². The number of aliphatic hydroxyl groups excluding tert-OH is 1. The van der Waals surface area contributed by atoms with Crippen LogP contribution >= 0.6 is 11.3 Å². The molecule has 0 saturated heterocycles. The summed E-state index contributed by atoms with van der Waals surface area (Å²) in [5.74, 6) is 0.327. The minimum absolute atomic E-state index is 0.252. The van der Waals surface area contributed by atoms with Crippen LogP contribution in [0.1, 0.15) is 17.9 Å². The molecular formula is C15H19N3OS. The minimum Gasteiger partial charge on any atom is -0.386 e. The first kappa shape index (κ1) is 14.6. The third kappa shape index (κ3) is 3.82. The molecule has 0 spiro atoms. The fourth-order valence-corrected chi connectivity index (χ4v) is 2.78. The average Bonchev–Trinajstić information content (AvgIpc) is 2.86. The fourth-order valence-electron chi connectivity index (χ4n) is 1.74. The van der Waals surface area contributed by atoms with Crippen LogP contribution in [0.15, 0.2) is 47.5 Å². The summed E-state index contributed by atoms with van der Waals surface area (Å²) >= 11 is 1.58. The number of guanidine groups is 1. The molecule has 1 aromatic heterocycles. The zero-order valence-electron chi connectivity index (χ0n) is 11.5. The number of benzene rings is 1. The zero-order chi connectivity index (χ0) is 14.5. The van der Waals surface area contributed by atoms with Gasteiger partial charge in [-0.25, -0.2) is 0 Å². The van der Waals surface area contributed by atoms with Gasteiger partial charge in [0.05, 0.1) is 6.54 Å². The van der Waals surface area contributed by atoms with Crippen LogP contribution in [0.5, 0.6) is 0 Å². The van der Waals surface area contributed by atoms with E-state index in [2.05, 4.69) is 16.9 Å². The lowest BCUT2D eigenvalue weighted by molar-refractivity contribution is 0.191. The molecule has 0 aliphatic carbocycles. The second kappa shape index (κ2) is 6.54. The molecule has 1 heterocycles. The topological polar surface area (TPSA) is 70.6 Å². The van der Waals surface area contributed by atoms with Gasteiger partial charge in [-0.05, 0) is 24.4 Å². The van der Waals surface area contributed by atoms with E-state index < -0.39 is 6.10 Å². The largest absolute Gasteiger partial charge is 0.386 e. The van der Waals surface area contributed by atoms with Crippen molar-refractivity contribution < 1.29 is 5.11 Å². The lowest BCUT2D eigenvalue weighted by atomic mass is 10.2. The Kier molecular flexibility index (Phi) is 4.76. The molecule has 20 heavy (non-hydrogen) atoms. The molecule has 1 unspecified atom stereocenters. The summed E-state index contributed by atoms with van der Waals surface area (Å²) in [4.78, 5) is 5.05. The number of aliphatic imine (C=N–C) groups is 1. The van der Waals surface area contributed by atoms with Gasteiger partial charge in [-0.3, -0.25) is 4.99 Å². The molecule has 2 rings (SSSR count). The highest BCUT2D eigenvalue weighted by Gasteiger charge is 2.10. The molecule has 0 fully saturated rings. The highest BCUT2D eigenvalue weighted by Crippen LogP contribution is 2.29. The highest BCUT2D eigenvalue weighted by atomic mass is 32.1. The van der Waals surface area contributed by atoms with Gasteiger partial charge in [-0.1, -0.05) is 30.4 Å². The Bertz CT molecular complexity index is 600. The zero-order valence-corrected chi connectivity index (χ0v) is 12.3. The predicted octanol–water partition coefficient (Wildman–Crippen LogP) is 2.42. The number of thiophene rings is 1. The number of rotatable bonds is 5. The predicted molar refractivity (Wildman–Crippen MR) is 86.1 cm³/mol. The summed E-state index contributed by atoms with van der Waals surface area (Å²) in [6.07, 6.45) is -0.627. The van der Waals surface area contributed by atoms with Crippen LogP contribution in [-0.4, -0.2) is 24.2 Å². The number of nitrogens with two attached hydrogens (primary N) is 1. The Labute approximate surface area is 122 Å². The minimum atomic E-state index is -0.627. The molecule has 0 aliphatic heterocycles. The van der Waals surface area contributed by atoms with E-state index in [4.69, 9.17) is 5.73 Å². The monoisotopic (exact) mass is 289 g/mol. The Morgan fingerprint density at radius 2 is 2.25 bits per heavy atom. The second-order valence-electron chi connectivity index (χ2n) is 4.74. The van der Waals surface area contributed by atoms with Crippen LogP contribution in [0.4, 0.5) is 0 Å². The molecule has 2 aromatic rings. The molecule has 4 nitrogen and oxygen atoms in total. The Morgan fingerprint density at radius 1 is 1.50 bits per heavy atom. The van der Waals surface area contributed by atoms with E-state index in [0.29, 0.717) is 12.5 Å². The Balaban J connectivity index is 1.99. The van der Waals surface area contributed by atoms with Crippen molar-refractivity contribution >= 4 is 27.4 Å². The van der Waals surface area contributed by atoms with Crippen molar-refractivity contribution in [2.24, 2.45) is 10.7 Å². The Hall–Kier alpha value is -1.85. The van der Waals surface area contributed by atoms with Crippen LogP contribution in [0.2, 0.25) is 0 Å². The van der Waals surface area contributed by atoms with E-state index in [0.717, 1.165) is 15.8 Å². The van der Waals surface area contributed by atoms with Crippen molar-refractivity contribution in [3.63, 3.8) is 0 Å². The number of nitrogens with one attached hydrogen (secondary N) is 1. The number of aliphatic hydroxyl groups is 1. The lowest BCUT2D eigenvalue weighted by Crippen LogP contribution is -2.33. The third-order valence-electron chi connectivity index (χ3n) is 2.78. The number of hydrogen-bond donors (Lipinski definition) is 3. The van der Waals surface area contributed by atoms with Gasteiger partial charge in [-0.15, -0.1) is 11.3 Å². The summed E-state index contributed by atoms with van der Waals surface area (Å²) in [5, 5.41) is 14.2. The first-order chi connectivity index (χ1) is 9.56. The van der Waals surface area contributed by atoms with Crippen LogP contribution < -0.4 is 11.1 Å². The standard InChI is InChI=1S/C15H19N3OS/c1-10(2)8-17-15(16)18-9-12(19)14-7-11-5-3-4-6-13(11)20-14/h3-7,12,19H,1,8-9H2,2H3,(H3,16,17,18). The average molecular weight is 289 g/mol. The normalized spacial score (nSPS) is 13.4. The van der Waals surface area contributed by atoms with Crippen molar-refractivity contribution in [3.05, 3.63) is 47.4 Å². The van der Waals surface area contributed by atoms with E-state index in [1.165, 1.54) is 4.70 Å². The van der Waals surface area contributed by atoms with Crippen LogP contribution in [0.25, 0.3) is 10.1 Å². The molecule has 1 aromatic carbocycles. The first-order valence-electron chi connectivity index (χ1n) is 6.41. The van der Waals surface area contributed by atoms with Gasteiger partial charge in [-0.2, -0.15) is 0 Å². The van der Waals surface area contributed by atoms with Gasteiger partial charge in [0, 0.05) is 16.1 Å². The summed E-state index contributed by atoms with van der Waals surface area (Å²) in [5.41, 5.74) is 6.69. The van der Waals surface area contributed by atoms with Gasteiger partial charge in [0.15, 0.2) is 5.96 Å². The quantitative estimate of drug-likeness (QED) is 0.450. The molecule has 5 heteroatoms. The van der Waals surface area contributed by atoms with Crippen LogP contribution in [-0.2, 0) is 0 Å². The smallest absolute Gasteiger partial charge is 0.188 e. The van der Waals surface area contributed by atoms with Gasteiger partial charge in [0.25, 0.3) is 0 Å². The molecule has 1 atom stereocenters. The summed E-state index contributed by atoms with van der Waals surface area (Å²) in [6.45, 7) is 6.53. The second-order valence-corrected chi connectivity index (χ2v) is 5.85. The van der Waals surface area contributed by atoms with E-state index >= 15 is 0 Å². The maximum atomic E-state index is 10.2. The van der Waals surface area contributed by atoms with Crippen molar-refractivity contribution in [1.29, 1.82) is 0 Å². The van der Waals surface area contributed by atoms with E-state index in [1.54, 1.807) is 11.3 Å². The van der Waals surface area contributed by atoms with Gasteiger partial charge in [0.1, 0.15) is 6.10 Å². The molecule has 0 saturated carbocycles. The SMILES string of the molecule is C=C(C)CNC(N)=NCC(O)c1cc2ccccc2s1. The van der Waals surface area contributed by atoms with Crippen molar-refractivity contribution in [2.75, 3.05) is 13.1 Å². The molecule has 106 valence electrons. The molecule has 0 bridgehead atoms. The summed E-state index contributed by atoms with van der Waals surface area (Å²) in [6, 6.07) is 10.1. The van der Waals surface area contributed by atoms with Crippen LogP contribution in [0, 0.1) is 0 Å². The van der Waals surface area contributed by atoms with Gasteiger partial charge in [0.2, 0.25) is 0 Å². The number of hydrogen-bond acceptors (Lipinski definition) is 3. The van der Waals surface area contributed by atoms with Crippen LogP contribution in [0.3, 0.4) is 0 Å². The maximum absolute atomic E-state index is 10.2. The molecule has 4 N–H and O–H groups in total. The van der Waals surface area contributed by atoms with Gasteiger partial charge >= 0.3 is 0 Å². The summed E-state index contributed by atoms with van der Waals surface area (Å²) in [7, 11) is 0. The lowest BCUT2D eigenvalue weighted by Gasteiger charge is -2.07. The number of nitrogens with zero attached hydrogens (tertiary/aromatic N) is 1. The van der Waals surface area contributed by atoms with Crippen molar-refractivity contribution in [3.8, 4) is 0 Å². The van der Waals surface area contributed by atoms with Crippen molar-refractivity contribution in [2.45, 2.75) is 13.0 Å². The fraction of sp³-hybridized carbons (Fsp3) is 0.267. The third-order valence-corrected chi connectivity index (χ3v) is 4.00. The van der Waals surface area contributed by atoms with E-state index in [9.17, 15) is 5.11 Å². The molecule has 0 radical (unpaired) electrons. The van der Waals surface area contributed by atoms with Gasteiger partial charge < -0.3 is 16.2 Å². The molecular weight excluding hydrogens is 270 g/mol. The maximum Gasteiger partial charge on any atom is 0.188 e. The first-order valence-corrected chi connectivity index (χ1v) is 7.22. The number of fused-ring (bicyclic) bond motifs is 1. The molecule has 0 amide bonds. The summed E-state index contributed by atoms with van der Waals surface area (Å²) < 4.78 is 1.17. The Morgan fingerprint density at radius 3 is 2.95 bits per heavy atom. The van der Waals surface area contributed by atoms with E-state index in [1.807, 2.05) is 37.3 Å².